The Labute approximate surface area is 96.5 Å². The van der Waals surface area contributed by atoms with E-state index in [0.29, 0.717) is 6.42 Å². The summed E-state index contributed by atoms with van der Waals surface area (Å²) in [5, 5.41) is 10.5. The Hall–Kier alpha value is -0.930. The Balaban J connectivity index is 2.02. The predicted octanol–water partition coefficient (Wildman–Crippen LogP) is 1.94. The van der Waals surface area contributed by atoms with E-state index in [4.69, 9.17) is 4.74 Å². The third-order valence-electron chi connectivity index (χ3n) is 3.37. The van der Waals surface area contributed by atoms with Gasteiger partial charge >= 0.3 is 0 Å². The number of methoxy groups -OCH3 is 1. The average molecular weight is 221 g/mol. The molecule has 16 heavy (non-hydrogen) atoms. The van der Waals surface area contributed by atoms with Crippen molar-refractivity contribution in [2.75, 3.05) is 7.11 Å². The van der Waals surface area contributed by atoms with Crippen molar-refractivity contribution in [2.45, 2.75) is 43.8 Å². The van der Waals surface area contributed by atoms with Gasteiger partial charge in [-0.05, 0) is 30.9 Å². The molecule has 1 aliphatic rings. The Kier molecular flexibility index (Phi) is 3.56. The largest absolute Gasteiger partial charge is 0.389 e. The highest BCUT2D eigenvalue weighted by Crippen LogP contribution is 2.32. The van der Waals surface area contributed by atoms with E-state index in [9.17, 15) is 5.11 Å². The molecule has 3 nitrogen and oxygen atoms in total. The van der Waals surface area contributed by atoms with Gasteiger partial charge in [-0.25, -0.2) is 0 Å². The topological polar surface area (TPSA) is 42.4 Å². The van der Waals surface area contributed by atoms with Crippen LogP contribution >= 0.6 is 0 Å². The number of aromatic nitrogens is 1. The fourth-order valence-corrected chi connectivity index (χ4v) is 2.53. The first-order valence-electron chi connectivity index (χ1n) is 5.86. The molecule has 1 saturated carbocycles. The summed E-state index contributed by atoms with van der Waals surface area (Å²) in [7, 11) is 1.72. The molecular weight excluding hydrogens is 202 g/mol. The number of ether oxygens (including phenoxy) is 1. The van der Waals surface area contributed by atoms with Crippen LogP contribution in [-0.4, -0.2) is 28.9 Å². The van der Waals surface area contributed by atoms with Crippen LogP contribution in [0.3, 0.4) is 0 Å². The van der Waals surface area contributed by atoms with Crippen LogP contribution in [0.25, 0.3) is 0 Å². The molecule has 0 radical (unpaired) electrons. The quantitative estimate of drug-likeness (QED) is 0.848. The van der Waals surface area contributed by atoms with Gasteiger partial charge in [0.1, 0.15) is 0 Å². The fourth-order valence-electron chi connectivity index (χ4n) is 2.53. The lowest BCUT2D eigenvalue weighted by molar-refractivity contribution is -0.0581. The molecule has 1 heterocycles. The van der Waals surface area contributed by atoms with Gasteiger partial charge in [0, 0.05) is 32.3 Å². The van der Waals surface area contributed by atoms with Crippen molar-refractivity contribution in [1.29, 1.82) is 0 Å². The fraction of sp³-hybridized carbons (Fsp3) is 0.615. The van der Waals surface area contributed by atoms with Gasteiger partial charge in [0.25, 0.3) is 0 Å². The average Bonchev–Trinajstić information content (AvgIpc) is 2.29. The summed E-state index contributed by atoms with van der Waals surface area (Å²) >= 11 is 0. The molecule has 2 unspecified atom stereocenters. The molecule has 0 amide bonds. The number of hydrogen-bond donors (Lipinski definition) is 1. The summed E-state index contributed by atoms with van der Waals surface area (Å²) in [6.45, 7) is 0. The van der Waals surface area contributed by atoms with Crippen LogP contribution in [0.15, 0.2) is 24.5 Å². The molecule has 1 N–H and O–H groups in total. The second kappa shape index (κ2) is 4.93. The third-order valence-corrected chi connectivity index (χ3v) is 3.37. The monoisotopic (exact) mass is 221 g/mol. The van der Waals surface area contributed by atoms with Crippen molar-refractivity contribution in [2.24, 2.45) is 0 Å². The highest BCUT2D eigenvalue weighted by Gasteiger charge is 2.34. The van der Waals surface area contributed by atoms with Crippen molar-refractivity contribution >= 4 is 0 Å². The minimum atomic E-state index is -0.609. The Bertz CT molecular complexity index is 328. The number of rotatable bonds is 3. The Morgan fingerprint density at radius 3 is 3.19 bits per heavy atom. The maximum atomic E-state index is 10.5. The SMILES string of the molecule is COC1CCCC(O)(Cc2cccnc2)C1. The number of aliphatic hydroxyl groups is 1. The van der Waals surface area contributed by atoms with E-state index in [1.807, 2.05) is 18.3 Å². The van der Waals surface area contributed by atoms with E-state index < -0.39 is 5.60 Å². The molecule has 88 valence electrons. The maximum absolute atomic E-state index is 10.5. The minimum Gasteiger partial charge on any atom is -0.389 e. The van der Waals surface area contributed by atoms with Crippen LogP contribution in [0, 0.1) is 0 Å². The molecule has 1 aliphatic carbocycles. The first-order chi connectivity index (χ1) is 7.72. The lowest BCUT2D eigenvalue weighted by Crippen LogP contribution is -2.40. The molecule has 1 aromatic rings. The summed E-state index contributed by atoms with van der Waals surface area (Å²) in [6.07, 6.45) is 8.17. The van der Waals surface area contributed by atoms with E-state index in [0.717, 1.165) is 31.2 Å². The standard InChI is InChI=1S/C13H19NO2/c1-16-12-5-2-6-13(15,9-12)8-11-4-3-7-14-10-11/h3-4,7,10,12,15H,2,5-6,8-9H2,1H3. The van der Waals surface area contributed by atoms with E-state index >= 15 is 0 Å². The second-order valence-electron chi connectivity index (χ2n) is 4.72. The zero-order chi connectivity index (χ0) is 11.4. The van der Waals surface area contributed by atoms with Crippen LogP contribution in [-0.2, 0) is 11.2 Å². The molecule has 0 saturated heterocycles. The zero-order valence-electron chi connectivity index (χ0n) is 9.72. The summed E-state index contributed by atoms with van der Waals surface area (Å²) in [4.78, 5) is 4.08. The predicted molar refractivity (Wildman–Crippen MR) is 62.2 cm³/mol. The highest BCUT2D eigenvalue weighted by atomic mass is 16.5. The lowest BCUT2D eigenvalue weighted by atomic mass is 9.79. The third kappa shape index (κ3) is 2.80. The summed E-state index contributed by atoms with van der Waals surface area (Å²) in [5.74, 6) is 0. The Morgan fingerprint density at radius 2 is 2.50 bits per heavy atom. The molecule has 0 bridgehead atoms. The molecular formula is C13H19NO2. The van der Waals surface area contributed by atoms with Crippen molar-refractivity contribution in [3.05, 3.63) is 30.1 Å². The smallest absolute Gasteiger partial charge is 0.0713 e. The first kappa shape index (κ1) is 11.6. The normalized spacial score (nSPS) is 30.2. The van der Waals surface area contributed by atoms with Crippen molar-refractivity contribution in [3.8, 4) is 0 Å². The van der Waals surface area contributed by atoms with Crippen LogP contribution < -0.4 is 0 Å². The molecule has 1 aromatic heterocycles. The van der Waals surface area contributed by atoms with Gasteiger partial charge in [-0.1, -0.05) is 6.07 Å². The van der Waals surface area contributed by atoms with Gasteiger partial charge in [0.15, 0.2) is 0 Å². The molecule has 0 aliphatic heterocycles. The molecule has 2 rings (SSSR count). The lowest BCUT2D eigenvalue weighted by Gasteiger charge is -2.36. The molecule has 2 atom stereocenters. The van der Waals surface area contributed by atoms with Crippen molar-refractivity contribution < 1.29 is 9.84 Å². The second-order valence-corrected chi connectivity index (χ2v) is 4.72. The van der Waals surface area contributed by atoms with Gasteiger partial charge < -0.3 is 9.84 Å². The summed E-state index contributed by atoms with van der Waals surface area (Å²) in [6, 6.07) is 3.93. The summed E-state index contributed by atoms with van der Waals surface area (Å²) < 4.78 is 5.35. The molecule has 0 spiro atoms. The Morgan fingerprint density at radius 1 is 1.62 bits per heavy atom. The van der Waals surface area contributed by atoms with E-state index in [1.165, 1.54) is 0 Å². The molecule has 0 aromatic carbocycles. The number of hydrogen-bond acceptors (Lipinski definition) is 3. The highest BCUT2D eigenvalue weighted by molar-refractivity contribution is 5.12. The van der Waals surface area contributed by atoms with Crippen molar-refractivity contribution in [3.63, 3.8) is 0 Å². The number of pyridine rings is 1. The van der Waals surface area contributed by atoms with Gasteiger partial charge in [-0.2, -0.15) is 0 Å². The van der Waals surface area contributed by atoms with Crippen LogP contribution in [0.2, 0.25) is 0 Å². The molecule has 3 heteroatoms. The van der Waals surface area contributed by atoms with Crippen LogP contribution in [0.1, 0.15) is 31.2 Å². The van der Waals surface area contributed by atoms with E-state index in [2.05, 4.69) is 4.98 Å². The minimum absolute atomic E-state index is 0.204. The van der Waals surface area contributed by atoms with E-state index in [-0.39, 0.29) is 6.10 Å². The van der Waals surface area contributed by atoms with Gasteiger partial charge in [-0.15, -0.1) is 0 Å². The number of nitrogens with zero attached hydrogens (tertiary/aromatic N) is 1. The van der Waals surface area contributed by atoms with Gasteiger partial charge in [0.2, 0.25) is 0 Å². The van der Waals surface area contributed by atoms with Gasteiger partial charge in [0.05, 0.1) is 11.7 Å². The summed E-state index contributed by atoms with van der Waals surface area (Å²) in [5.41, 5.74) is 0.490. The van der Waals surface area contributed by atoms with Crippen LogP contribution in [0.4, 0.5) is 0 Å². The van der Waals surface area contributed by atoms with E-state index in [1.54, 1.807) is 13.3 Å². The maximum Gasteiger partial charge on any atom is 0.0713 e. The zero-order valence-corrected chi connectivity index (χ0v) is 9.72. The van der Waals surface area contributed by atoms with Crippen molar-refractivity contribution in [1.82, 2.24) is 4.98 Å². The molecule has 1 fully saturated rings. The first-order valence-corrected chi connectivity index (χ1v) is 5.86. The van der Waals surface area contributed by atoms with Gasteiger partial charge in [-0.3, -0.25) is 4.98 Å². The van der Waals surface area contributed by atoms with Crippen LogP contribution in [0.5, 0.6) is 0 Å².